The van der Waals surface area contributed by atoms with Crippen LogP contribution in [0.2, 0.25) is 0 Å². The van der Waals surface area contributed by atoms with Gasteiger partial charge in [-0.05, 0) is 80.6 Å². The fraction of sp³-hybridized carbons (Fsp3) is 0.379. The number of para-hydroxylation sites is 1. The average Bonchev–Trinajstić information content (AvgIpc) is 3.33. The van der Waals surface area contributed by atoms with Crippen molar-refractivity contribution in [2.24, 2.45) is 0 Å². The number of thiophene rings is 1. The zero-order valence-electron chi connectivity index (χ0n) is 21.4. The molecule has 38 heavy (non-hydrogen) atoms. The first kappa shape index (κ1) is 25.2. The highest BCUT2D eigenvalue weighted by Crippen LogP contribution is 2.47. The number of anilines is 1. The highest BCUT2D eigenvalue weighted by molar-refractivity contribution is 7.17. The fourth-order valence-corrected chi connectivity index (χ4v) is 7.19. The van der Waals surface area contributed by atoms with Crippen molar-refractivity contribution >= 4 is 28.1 Å². The molecule has 0 amide bonds. The van der Waals surface area contributed by atoms with Crippen LogP contribution in [0.5, 0.6) is 11.5 Å². The monoisotopic (exact) mass is 535 g/mol. The molecule has 2 aromatic heterocycles. The van der Waals surface area contributed by atoms with Crippen molar-refractivity contribution in [3.63, 3.8) is 0 Å². The van der Waals surface area contributed by atoms with E-state index in [0.29, 0.717) is 23.5 Å². The molecule has 9 heteroatoms. The van der Waals surface area contributed by atoms with E-state index in [1.807, 2.05) is 12.1 Å². The molecule has 2 N–H and O–H groups in total. The van der Waals surface area contributed by atoms with Crippen molar-refractivity contribution in [2.75, 3.05) is 39.0 Å². The average molecular weight is 536 g/mol. The van der Waals surface area contributed by atoms with Gasteiger partial charge in [0.25, 0.3) is 0 Å². The minimum Gasteiger partial charge on any atom is -0.451 e. The number of hydrogen-bond donors (Lipinski definition) is 1. The molecule has 2 fully saturated rings. The van der Waals surface area contributed by atoms with Crippen LogP contribution in [-0.4, -0.2) is 59.0 Å². The maximum atomic E-state index is 14.0. The molecule has 4 aromatic rings. The van der Waals surface area contributed by atoms with E-state index in [9.17, 15) is 8.78 Å². The van der Waals surface area contributed by atoms with E-state index in [-0.39, 0.29) is 0 Å². The van der Waals surface area contributed by atoms with Crippen molar-refractivity contribution in [1.29, 1.82) is 0 Å². The quantitative estimate of drug-likeness (QED) is 0.324. The molecule has 3 heterocycles. The summed E-state index contributed by atoms with van der Waals surface area (Å²) in [5.41, 5.74) is 8.25. The Kier molecular flexibility index (Phi) is 6.99. The number of benzene rings is 2. The highest BCUT2D eigenvalue weighted by atomic mass is 32.1. The molecule has 2 aromatic carbocycles. The summed E-state index contributed by atoms with van der Waals surface area (Å²) >= 11 is 1.73. The van der Waals surface area contributed by atoms with Gasteiger partial charge in [0.15, 0.2) is 17.4 Å². The lowest BCUT2D eigenvalue weighted by Gasteiger charge is -2.41. The van der Waals surface area contributed by atoms with Crippen molar-refractivity contribution in [3.05, 3.63) is 65.3 Å². The minimum atomic E-state index is -0.741. The summed E-state index contributed by atoms with van der Waals surface area (Å²) in [5.74, 6) is -0.627. The van der Waals surface area contributed by atoms with Crippen molar-refractivity contribution < 1.29 is 13.5 Å². The molecule has 0 spiro atoms. The summed E-state index contributed by atoms with van der Waals surface area (Å²) < 4.78 is 33.6. The number of halogens is 2. The van der Waals surface area contributed by atoms with E-state index in [1.165, 1.54) is 35.9 Å². The number of aromatic nitrogens is 2. The summed E-state index contributed by atoms with van der Waals surface area (Å²) in [5, 5.41) is 0.877. The van der Waals surface area contributed by atoms with Crippen LogP contribution in [0.4, 0.5) is 14.6 Å². The first-order valence-corrected chi connectivity index (χ1v) is 14.0. The smallest absolute Gasteiger partial charge is 0.198 e. The van der Waals surface area contributed by atoms with Gasteiger partial charge in [-0.15, -0.1) is 11.3 Å². The van der Waals surface area contributed by atoms with E-state index >= 15 is 0 Å². The fourth-order valence-electron chi connectivity index (χ4n) is 5.76. The number of piperazine rings is 1. The number of ether oxygens (including phenoxy) is 1. The number of fused-ring (bicyclic) bond motifs is 1. The molecule has 2 aliphatic rings. The molecule has 6 rings (SSSR count). The lowest BCUT2D eigenvalue weighted by Crippen LogP contribution is -2.49. The van der Waals surface area contributed by atoms with E-state index in [1.54, 1.807) is 29.8 Å². The Balaban J connectivity index is 1.24. The Morgan fingerprint density at radius 1 is 0.921 bits per heavy atom. The molecular weight excluding hydrogens is 504 g/mol. The van der Waals surface area contributed by atoms with Gasteiger partial charge >= 0.3 is 0 Å². The van der Waals surface area contributed by atoms with Crippen molar-refractivity contribution in [1.82, 2.24) is 19.8 Å². The largest absolute Gasteiger partial charge is 0.451 e. The van der Waals surface area contributed by atoms with E-state index in [2.05, 4.69) is 26.8 Å². The molecular formula is C29H31F2N5OS. The normalized spacial score (nSPS) is 21.1. The lowest BCUT2D eigenvalue weighted by atomic mass is 9.84. The number of nitrogen functional groups attached to an aromatic ring is 1. The number of likely N-dealkylation sites (N-methyl/N-ethyl adjacent to an activating group) is 1. The lowest BCUT2D eigenvalue weighted by molar-refractivity contribution is 0.0881. The molecule has 0 bridgehead atoms. The maximum absolute atomic E-state index is 14.0. The zero-order valence-corrected chi connectivity index (χ0v) is 22.2. The third kappa shape index (κ3) is 4.86. The Morgan fingerprint density at radius 3 is 2.29 bits per heavy atom. The van der Waals surface area contributed by atoms with Gasteiger partial charge in [-0.1, -0.05) is 6.07 Å². The standard InChI is InChI=1S/C29H31F2N5OS/c1-35-13-15-36(16-14-35)20-9-5-19(6-10-20)28-25-24(29(32)34-17-33-25)27(38-28)18-7-11-21(12-8-18)37-26-22(30)3-2-4-23(26)31/h2-4,7-8,11-12,17,19-20H,5-6,9-10,13-16H2,1H3,(H2,32,33,34). The van der Waals surface area contributed by atoms with Crippen LogP contribution in [0.1, 0.15) is 36.5 Å². The van der Waals surface area contributed by atoms with Gasteiger partial charge in [0, 0.05) is 42.0 Å². The third-order valence-corrected chi connectivity index (χ3v) is 9.32. The molecule has 0 atom stereocenters. The van der Waals surface area contributed by atoms with Gasteiger partial charge < -0.3 is 15.4 Å². The van der Waals surface area contributed by atoms with Gasteiger partial charge in [-0.2, -0.15) is 0 Å². The van der Waals surface area contributed by atoms with E-state index in [0.717, 1.165) is 60.4 Å². The number of rotatable bonds is 5. The summed E-state index contributed by atoms with van der Waals surface area (Å²) in [7, 11) is 2.20. The SMILES string of the molecule is CN1CCN(C2CCC(c3sc(-c4ccc(Oc5c(F)cccc5F)cc4)c4c(N)ncnc34)CC2)CC1. The second kappa shape index (κ2) is 10.6. The van der Waals surface area contributed by atoms with Crippen LogP contribution in [0, 0.1) is 11.6 Å². The van der Waals surface area contributed by atoms with Gasteiger partial charge in [0.2, 0.25) is 0 Å². The third-order valence-electron chi connectivity index (χ3n) is 7.93. The summed E-state index contributed by atoms with van der Waals surface area (Å²) in [6, 6.07) is 11.5. The molecule has 0 unspecified atom stereocenters. The molecule has 198 valence electrons. The molecule has 1 aliphatic heterocycles. The van der Waals surface area contributed by atoms with E-state index in [4.69, 9.17) is 10.5 Å². The van der Waals surface area contributed by atoms with Crippen LogP contribution in [0.25, 0.3) is 21.3 Å². The molecule has 6 nitrogen and oxygen atoms in total. The molecule has 0 radical (unpaired) electrons. The van der Waals surface area contributed by atoms with Gasteiger partial charge in [-0.25, -0.2) is 18.7 Å². The van der Waals surface area contributed by atoms with Crippen LogP contribution < -0.4 is 10.5 Å². The zero-order chi connectivity index (χ0) is 26.2. The molecule has 1 aliphatic carbocycles. The number of hydrogen-bond acceptors (Lipinski definition) is 7. The summed E-state index contributed by atoms with van der Waals surface area (Å²) in [6.07, 6.45) is 6.21. The van der Waals surface area contributed by atoms with Crippen molar-refractivity contribution in [3.8, 4) is 21.9 Å². The summed E-state index contributed by atoms with van der Waals surface area (Å²) in [4.78, 5) is 16.3. The topological polar surface area (TPSA) is 67.5 Å². The highest BCUT2D eigenvalue weighted by Gasteiger charge is 2.31. The molecule has 1 saturated heterocycles. The predicted octanol–water partition coefficient (Wildman–Crippen LogP) is 6.28. The number of nitrogens with two attached hydrogens (primary N) is 1. The van der Waals surface area contributed by atoms with E-state index < -0.39 is 17.4 Å². The maximum Gasteiger partial charge on any atom is 0.198 e. The number of nitrogens with zero attached hydrogens (tertiary/aromatic N) is 4. The first-order valence-electron chi connectivity index (χ1n) is 13.2. The van der Waals surface area contributed by atoms with Crippen LogP contribution in [0.3, 0.4) is 0 Å². The van der Waals surface area contributed by atoms with Crippen LogP contribution >= 0.6 is 11.3 Å². The Morgan fingerprint density at radius 2 is 1.61 bits per heavy atom. The Labute approximate surface area is 225 Å². The molecule has 1 saturated carbocycles. The first-order chi connectivity index (χ1) is 18.5. The van der Waals surface area contributed by atoms with Crippen molar-refractivity contribution in [2.45, 2.75) is 37.6 Å². The van der Waals surface area contributed by atoms with Gasteiger partial charge in [-0.3, -0.25) is 4.90 Å². The van der Waals surface area contributed by atoms with Crippen LogP contribution in [0.15, 0.2) is 48.8 Å². The van der Waals surface area contributed by atoms with Gasteiger partial charge in [0.1, 0.15) is 17.9 Å². The minimum absolute atomic E-state index is 0.352. The Hall–Kier alpha value is -3.14. The second-order valence-corrected chi connectivity index (χ2v) is 11.4. The second-order valence-electron chi connectivity index (χ2n) is 10.3. The van der Waals surface area contributed by atoms with Gasteiger partial charge in [0.05, 0.1) is 10.9 Å². The Bertz CT molecular complexity index is 1410. The van der Waals surface area contributed by atoms with Crippen LogP contribution in [-0.2, 0) is 0 Å². The summed E-state index contributed by atoms with van der Waals surface area (Å²) in [6.45, 7) is 4.61. The predicted molar refractivity (Wildman–Crippen MR) is 148 cm³/mol.